The van der Waals surface area contributed by atoms with Crippen LogP contribution in [0.4, 0.5) is 23.4 Å². The van der Waals surface area contributed by atoms with Gasteiger partial charge in [0.2, 0.25) is 11.8 Å². The molecule has 0 aliphatic carbocycles. The van der Waals surface area contributed by atoms with Crippen LogP contribution in [0.5, 0.6) is 5.75 Å². The Morgan fingerprint density at radius 3 is 2.86 bits per heavy atom. The van der Waals surface area contributed by atoms with Gasteiger partial charge in [0.15, 0.2) is 10.3 Å². The molecule has 2 amide bonds. The van der Waals surface area contributed by atoms with Crippen molar-refractivity contribution in [1.82, 2.24) is 9.97 Å². The average molecular weight is 442 g/mol. The molecule has 4 rings (SSSR count). The van der Waals surface area contributed by atoms with Crippen LogP contribution in [0.3, 0.4) is 0 Å². The molecule has 0 unspecified atom stereocenters. The highest BCUT2D eigenvalue weighted by Gasteiger charge is 2.31. The van der Waals surface area contributed by atoms with E-state index in [1.54, 1.807) is 10.3 Å². The molecule has 1 aromatic carbocycles. The number of rotatable bonds is 5. The van der Waals surface area contributed by atoms with Gasteiger partial charge < -0.3 is 10.1 Å². The lowest BCUT2D eigenvalue weighted by Gasteiger charge is -2.10. The van der Waals surface area contributed by atoms with Crippen LogP contribution in [-0.4, -0.2) is 34.7 Å². The minimum Gasteiger partial charge on any atom is -0.406 e. The Morgan fingerprint density at radius 1 is 1.31 bits per heavy atom. The third-order valence-corrected chi connectivity index (χ3v) is 5.87. The summed E-state index contributed by atoms with van der Waals surface area (Å²) in [6.07, 6.45) is -3.48. The summed E-state index contributed by atoms with van der Waals surface area (Å²) in [5.41, 5.74) is 0.979. The number of alkyl halides is 3. The summed E-state index contributed by atoms with van der Waals surface area (Å²) in [6, 6.07) is 3.77. The highest BCUT2D eigenvalue weighted by Crippen LogP contribution is 2.32. The molecule has 0 spiro atoms. The van der Waals surface area contributed by atoms with Crippen molar-refractivity contribution in [3.8, 4) is 5.75 Å². The molecule has 1 N–H and O–H groups in total. The van der Waals surface area contributed by atoms with E-state index in [-0.39, 0.29) is 29.1 Å². The second kappa shape index (κ2) is 7.59. The Hall–Kier alpha value is -2.73. The fourth-order valence-electron chi connectivity index (χ4n) is 2.84. The lowest BCUT2D eigenvalue weighted by molar-refractivity contribution is -0.274. The minimum atomic E-state index is -4.78. The lowest BCUT2D eigenvalue weighted by Crippen LogP contribution is -2.23. The normalized spacial score (nSPS) is 14.6. The largest absolute Gasteiger partial charge is 0.573 e. The van der Waals surface area contributed by atoms with Gasteiger partial charge in [-0.05, 0) is 18.6 Å². The highest BCUT2D eigenvalue weighted by molar-refractivity contribution is 7.22. The predicted octanol–water partition coefficient (Wildman–Crippen LogP) is 3.96. The summed E-state index contributed by atoms with van der Waals surface area (Å²) >= 11 is 2.35. The molecule has 1 aliphatic rings. The first kappa shape index (κ1) is 19.6. The van der Waals surface area contributed by atoms with Crippen LogP contribution in [0, 0.1) is 0 Å². The van der Waals surface area contributed by atoms with Gasteiger partial charge in [-0.25, -0.2) is 9.97 Å². The van der Waals surface area contributed by atoms with Gasteiger partial charge in [-0.3, -0.25) is 14.5 Å². The maximum absolute atomic E-state index is 12.3. The third kappa shape index (κ3) is 4.65. The Kier molecular flexibility index (Phi) is 5.13. The molecule has 7 nitrogen and oxygen atoms in total. The molecule has 2 aromatic heterocycles. The highest BCUT2D eigenvalue weighted by atomic mass is 32.1. The van der Waals surface area contributed by atoms with Crippen molar-refractivity contribution in [3.63, 3.8) is 0 Å². The molecule has 12 heteroatoms. The van der Waals surface area contributed by atoms with Crippen molar-refractivity contribution in [1.29, 1.82) is 0 Å². The van der Waals surface area contributed by atoms with Gasteiger partial charge in [0, 0.05) is 24.4 Å². The summed E-state index contributed by atoms with van der Waals surface area (Å²) in [5, 5.41) is 5.19. The standard InChI is InChI=1S/C17H13F3N4O3S2/c18-17(19,20)27-10-3-4-11-12(7-10)29-15(22-11)23-13(25)6-9-8-28-16(21-9)24-5-1-2-14(24)26/h3-4,7-8H,1-2,5-6H2,(H,22,23,25). The minimum absolute atomic E-state index is 0.00308. The molecule has 0 saturated carbocycles. The second-order valence-corrected chi connectivity index (χ2v) is 8.06. The molecular formula is C17H13F3N4O3S2. The number of amides is 2. The molecule has 1 fully saturated rings. The van der Waals surface area contributed by atoms with Gasteiger partial charge in [-0.2, -0.15) is 0 Å². The van der Waals surface area contributed by atoms with Crippen LogP contribution >= 0.6 is 22.7 Å². The van der Waals surface area contributed by atoms with Gasteiger partial charge in [0.25, 0.3) is 0 Å². The maximum Gasteiger partial charge on any atom is 0.573 e. The van der Waals surface area contributed by atoms with Crippen LogP contribution in [0.1, 0.15) is 18.5 Å². The number of hydrogen-bond donors (Lipinski definition) is 1. The zero-order valence-electron chi connectivity index (χ0n) is 14.7. The summed E-state index contributed by atoms with van der Waals surface area (Å²) in [7, 11) is 0. The number of carbonyl (C=O) groups is 2. The number of thiazole rings is 2. The molecule has 1 saturated heterocycles. The summed E-state index contributed by atoms with van der Waals surface area (Å²) in [4.78, 5) is 34.2. The fourth-order valence-corrected chi connectivity index (χ4v) is 4.61. The Balaban J connectivity index is 1.41. The number of nitrogens with one attached hydrogen (secondary N) is 1. The van der Waals surface area contributed by atoms with Crippen molar-refractivity contribution in [2.24, 2.45) is 0 Å². The smallest absolute Gasteiger partial charge is 0.406 e. The quantitative estimate of drug-likeness (QED) is 0.647. The van der Waals surface area contributed by atoms with Gasteiger partial charge >= 0.3 is 6.36 Å². The van der Waals surface area contributed by atoms with Gasteiger partial charge in [-0.1, -0.05) is 11.3 Å². The van der Waals surface area contributed by atoms with Crippen LogP contribution in [0.2, 0.25) is 0 Å². The van der Waals surface area contributed by atoms with Crippen molar-refractivity contribution in [2.45, 2.75) is 25.6 Å². The van der Waals surface area contributed by atoms with Crippen LogP contribution < -0.4 is 15.0 Å². The van der Waals surface area contributed by atoms with E-state index in [9.17, 15) is 22.8 Å². The molecular weight excluding hydrogens is 429 g/mol. The van der Waals surface area contributed by atoms with Crippen molar-refractivity contribution < 1.29 is 27.5 Å². The summed E-state index contributed by atoms with van der Waals surface area (Å²) in [5.74, 6) is -0.683. The van der Waals surface area contributed by atoms with E-state index < -0.39 is 6.36 Å². The van der Waals surface area contributed by atoms with E-state index in [4.69, 9.17) is 0 Å². The number of aromatic nitrogens is 2. The second-order valence-electron chi connectivity index (χ2n) is 6.19. The van der Waals surface area contributed by atoms with E-state index in [2.05, 4.69) is 20.0 Å². The Morgan fingerprint density at radius 2 is 2.14 bits per heavy atom. The molecule has 3 aromatic rings. The molecule has 0 atom stereocenters. The number of halogens is 3. The number of carbonyl (C=O) groups excluding carboxylic acids is 2. The van der Waals surface area contributed by atoms with E-state index in [1.165, 1.54) is 23.5 Å². The Labute approximate surface area is 170 Å². The first-order valence-corrected chi connectivity index (χ1v) is 10.2. The summed E-state index contributed by atoms with van der Waals surface area (Å²) < 4.78 is 41.3. The Bertz CT molecular complexity index is 1080. The first-order valence-electron chi connectivity index (χ1n) is 8.48. The zero-order chi connectivity index (χ0) is 20.6. The van der Waals surface area contributed by atoms with Crippen LogP contribution in [0.15, 0.2) is 23.6 Å². The van der Waals surface area contributed by atoms with Crippen LogP contribution in [0.25, 0.3) is 10.2 Å². The van der Waals surface area contributed by atoms with Crippen molar-refractivity contribution >= 4 is 55.0 Å². The fraction of sp³-hybridized carbons (Fsp3) is 0.294. The molecule has 0 radical (unpaired) electrons. The van der Waals surface area contributed by atoms with Gasteiger partial charge in [0.1, 0.15) is 5.75 Å². The van der Waals surface area contributed by atoms with Crippen molar-refractivity contribution in [3.05, 3.63) is 29.3 Å². The predicted molar refractivity (Wildman–Crippen MR) is 102 cm³/mol. The molecule has 152 valence electrons. The number of ether oxygens (including phenoxy) is 1. The number of hydrogen-bond acceptors (Lipinski definition) is 7. The third-order valence-electron chi connectivity index (χ3n) is 4.03. The van der Waals surface area contributed by atoms with E-state index in [1.807, 2.05) is 0 Å². The van der Waals surface area contributed by atoms with E-state index >= 15 is 0 Å². The number of nitrogens with zero attached hydrogens (tertiary/aromatic N) is 3. The zero-order valence-corrected chi connectivity index (χ0v) is 16.3. The summed E-state index contributed by atoms with van der Waals surface area (Å²) in [6.45, 7) is 0.629. The van der Waals surface area contributed by atoms with E-state index in [0.717, 1.165) is 23.8 Å². The molecule has 29 heavy (non-hydrogen) atoms. The number of fused-ring (bicyclic) bond motifs is 1. The topological polar surface area (TPSA) is 84.4 Å². The van der Waals surface area contributed by atoms with Crippen LogP contribution in [-0.2, 0) is 16.0 Å². The maximum atomic E-state index is 12.3. The first-order chi connectivity index (χ1) is 13.8. The average Bonchev–Trinajstić information content (AvgIpc) is 3.32. The molecule has 3 heterocycles. The lowest BCUT2D eigenvalue weighted by atomic mass is 10.3. The molecule has 1 aliphatic heterocycles. The SMILES string of the molecule is O=C(Cc1csc(N2CCCC2=O)n1)Nc1nc2ccc(OC(F)(F)F)cc2s1. The van der Waals surface area contributed by atoms with Gasteiger partial charge in [0.05, 0.1) is 22.3 Å². The molecule has 0 bridgehead atoms. The van der Waals surface area contributed by atoms with Gasteiger partial charge in [-0.15, -0.1) is 24.5 Å². The van der Waals surface area contributed by atoms with Crippen molar-refractivity contribution in [2.75, 3.05) is 16.8 Å². The number of benzene rings is 1. The van der Waals surface area contributed by atoms with E-state index in [0.29, 0.717) is 34.0 Å². The number of anilines is 2. The monoisotopic (exact) mass is 442 g/mol.